The van der Waals surface area contributed by atoms with E-state index in [1.54, 1.807) is 4.31 Å². The van der Waals surface area contributed by atoms with E-state index in [0.717, 1.165) is 29.7 Å². The fourth-order valence-corrected chi connectivity index (χ4v) is 5.65. The summed E-state index contributed by atoms with van der Waals surface area (Å²) in [6.45, 7) is 9.30. The maximum atomic E-state index is 12.9. The van der Waals surface area contributed by atoms with Gasteiger partial charge in [0.1, 0.15) is 4.21 Å². The van der Waals surface area contributed by atoms with Gasteiger partial charge in [-0.1, -0.05) is 19.8 Å². The van der Waals surface area contributed by atoms with Crippen molar-refractivity contribution in [2.45, 2.75) is 63.8 Å². The lowest BCUT2D eigenvalue weighted by atomic mass is 10.2. The monoisotopic (exact) mass is 332 g/mol. The predicted molar refractivity (Wildman–Crippen MR) is 90.4 cm³/mol. The van der Waals surface area contributed by atoms with Gasteiger partial charge in [-0.3, -0.25) is 0 Å². The van der Waals surface area contributed by atoms with Gasteiger partial charge < -0.3 is 5.32 Å². The van der Waals surface area contributed by atoms with Crippen molar-refractivity contribution in [3.63, 3.8) is 0 Å². The summed E-state index contributed by atoms with van der Waals surface area (Å²) in [4.78, 5) is 1.09. The highest BCUT2D eigenvalue weighted by molar-refractivity contribution is 7.91. The summed E-state index contributed by atoms with van der Waals surface area (Å²) in [5.74, 6) is 0. The normalized spacial score (nSPS) is 12.5. The van der Waals surface area contributed by atoms with Gasteiger partial charge in [0.05, 0.1) is 0 Å². The Morgan fingerprint density at radius 3 is 2.52 bits per heavy atom. The Hall–Kier alpha value is -0.430. The number of sulfonamides is 1. The molecule has 1 heterocycles. The quantitative estimate of drug-likeness (QED) is 0.705. The Morgan fingerprint density at radius 1 is 1.33 bits per heavy atom. The average molecular weight is 333 g/mol. The lowest BCUT2D eigenvalue weighted by molar-refractivity contribution is 0.346. The van der Waals surface area contributed by atoms with Gasteiger partial charge in [0.15, 0.2) is 0 Å². The largest absolute Gasteiger partial charge is 0.315 e. The Balaban J connectivity index is 3.02. The van der Waals surface area contributed by atoms with Crippen LogP contribution in [0.5, 0.6) is 0 Å². The smallest absolute Gasteiger partial charge is 0.252 e. The van der Waals surface area contributed by atoms with E-state index >= 15 is 0 Å². The van der Waals surface area contributed by atoms with E-state index in [1.807, 2.05) is 33.9 Å². The van der Waals surface area contributed by atoms with Crippen LogP contribution in [0.15, 0.2) is 10.3 Å². The molecule has 0 saturated carbocycles. The Bertz CT molecular complexity index is 536. The third-order valence-electron chi connectivity index (χ3n) is 3.46. The highest BCUT2D eigenvalue weighted by atomic mass is 32.2. The summed E-state index contributed by atoms with van der Waals surface area (Å²) in [7, 11) is -1.50. The molecule has 4 nitrogen and oxygen atoms in total. The lowest BCUT2D eigenvalue weighted by Gasteiger charge is -2.25. The molecule has 0 saturated heterocycles. The number of nitrogens with one attached hydrogen (secondary N) is 1. The Labute approximate surface area is 133 Å². The summed E-state index contributed by atoms with van der Waals surface area (Å²) < 4.78 is 27.8. The average Bonchev–Trinajstić information content (AvgIpc) is 2.77. The SMILES string of the molecule is CCCCCN(C(C)C)S(=O)(=O)c1cc(C)c(CNC)s1. The van der Waals surface area contributed by atoms with Crippen LogP contribution in [-0.4, -0.2) is 32.4 Å². The number of hydrogen-bond acceptors (Lipinski definition) is 4. The first-order valence-electron chi connectivity index (χ1n) is 7.60. The van der Waals surface area contributed by atoms with Gasteiger partial charge in [0, 0.05) is 24.0 Å². The van der Waals surface area contributed by atoms with Crippen molar-refractivity contribution in [2.75, 3.05) is 13.6 Å². The van der Waals surface area contributed by atoms with Crippen LogP contribution >= 0.6 is 11.3 Å². The van der Waals surface area contributed by atoms with Gasteiger partial charge in [-0.2, -0.15) is 4.31 Å². The van der Waals surface area contributed by atoms with Crippen molar-refractivity contribution >= 4 is 21.4 Å². The molecule has 0 radical (unpaired) electrons. The van der Waals surface area contributed by atoms with Crippen LogP contribution in [0.2, 0.25) is 0 Å². The van der Waals surface area contributed by atoms with Crippen molar-refractivity contribution in [3.8, 4) is 0 Å². The van der Waals surface area contributed by atoms with E-state index in [2.05, 4.69) is 12.2 Å². The molecule has 0 spiro atoms. The second-order valence-corrected chi connectivity index (χ2v) is 8.87. The molecule has 6 heteroatoms. The molecule has 122 valence electrons. The highest BCUT2D eigenvalue weighted by Crippen LogP contribution is 2.29. The molecule has 1 rings (SSSR count). The topological polar surface area (TPSA) is 49.4 Å². The van der Waals surface area contributed by atoms with Gasteiger partial charge in [0.2, 0.25) is 0 Å². The number of nitrogens with zero attached hydrogens (tertiary/aromatic N) is 1. The minimum Gasteiger partial charge on any atom is -0.315 e. The summed E-state index contributed by atoms with van der Waals surface area (Å²) in [5.41, 5.74) is 1.05. The van der Waals surface area contributed by atoms with Crippen LogP contribution in [0.3, 0.4) is 0 Å². The molecule has 0 aliphatic carbocycles. The lowest BCUT2D eigenvalue weighted by Crippen LogP contribution is -2.37. The van der Waals surface area contributed by atoms with Crippen molar-refractivity contribution in [1.29, 1.82) is 0 Å². The number of hydrogen-bond donors (Lipinski definition) is 1. The van der Waals surface area contributed by atoms with Gasteiger partial charge in [-0.15, -0.1) is 11.3 Å². The van der Waals surface area contributed by atoms with Crippen LogP contribution < -0.4 is 5.32 Å². The number of unbranched alkanes of at least 4 members (excludes halogenated alkanes) is 2. The molecular formula is C15H28N2O2S2. The standard InChI is InChI=1S/C15H28N2O2S2/c1-6-7-8-9-17(12(2)3)21(18,19)15-10-13(4)14(20-15)11-16-5/h10,12,16H,6-9,11H2,1-5H3. The van der Waals surface area contributed by atoms with Gasteiger partial charge >= 0.3 is 0 Å². The van der Waals surface area contributed by atoms with Crippen LogP contribution in [0.4, 0.5) is 0 Å². The third-order valence-corrected chi connectivity index (χ3v) is 7.22. The Morgan fingerprint density at radius 2 is 2.00 bits per heavy atom. The zero-order chi connectivity index (χ0) is 16.0. The van der Waals surface area contributed by atoms with E-state index in [1.165, 1.54) is 11.3 Å². The number of thiophene rings is 1. The number of rotatable bonds is 9. The molecule has 0 aromatic carbocycles. The minimum absolute atomic E-state index is 0.0120. The minimum atomic E-state index is -3.38. The fourth-order valence-electron chi connectivity index (χ4n) is 2.24. The molecule has 0 unspecified atom stereocenters. The maximum absolute atomic E-state index is 12.9. The van der Waals surface area contributed by atoms with Crippen LogP contribution in [0.1, 0.15) is 50.5 Å². The maximum Gasteiger partial charge on any atom is 0.252 e. The van der Waals surface area contributed by atoms with Crippen LogP contribution in [0, 0.1) is 6.92 Å². The molecule has 0 atom stereocenters. The molecule has 0 aliphatic rings. The molecule has 21 heavy (non-hydrogen) atoms. The first-order valence-corrected chi connectivity index (χ1v) is 9.86. The van der Waals surface area contributed by atoms with E-state index in [-0.39, 0.29) is 6.04 Å². The zero-order valence-corrected chi connectivity index (χ0v) is 15.4. The first kappa shape index (κ1) is 18.6. The van der Waals surface area contributed by atoms with E-state index < -0.39 is 10.0 Å². The molecule has 0 amide bonds. The zero-order valence-electron chi connectivity index (χ0n) is 13.8. The van der Waals surface area contributed by atoms with Crippen LogP contribution in [-0.2, 0) is 16.6 Å². The predicted octanol–water partition coefficient (Wildman–Crippen LogP) is 3.37. The number of aryl methyl sites for hydroxylation is 1. The van der Waals surface area contributed by atoms with Crippen molar-refractivity contribution in [1.82, 2.24) is 9.62 Å². The highest BCUT2D eigenvalue weighted by Gasteiger charge is 2.28. The molecular weight excluding hydrogens is 304 g/mol. The van der Waals surface area contributed by atoms with E-state index in [0.29, 0.717) is 17.3 Å². The van der Waals surface area contributed by atoms with Gasteiger partial charge in [-0.05, 0) is 45.9 Å². The molecule has 1 aromatic rings. The van der Waals surface area contributed by atoms with E-state index in [9.17, 15) is 8.42 Å². The summed E-state index contributed by atoms with van der Waals surface area (Å²) in [5, 5.41) is 3.09. The third kappa shape index (κ3) is 4.77. The molecule has 1 N–H and O–H groups in total. The van der Waals surface area contributed by atoms with E-state index in [4.69, 9.17) is 0 Å². The van der Waals surface area contributed by atoms with Gasteiger partial charge in [0.25, 0.3) is 10.0 Å². The summed E-state index contributed by atoms with van der Waals surface area (Å²) in [6.07, 6.45) is 3.07. The summed E-state index contributed by atoms with van der Waals surface area (Å²) >= 11 is 1.38. The molecule has 0 fully saturated rings. The second kappa shape index (κ2) is 8.27. The summed E-state index contributed by atoms with van der Waals surface area (Å²) in [6, 6.07) is 1.80. The van der Waals surface area contributed by atoms with Crippen molar-refractivity contribution in [3.05, 3.63) is 16.5 Å². The van der Waals surface area contributed by atoms with Gasteiger partial charge in [-0.25, -0.2) is 8.42 Å². The molecule has 0 bridgehead atoms. The van der Waals surface area contributed by atoms with Crippen molar-refractivity contribution in [2.24, 2.45) is 0 Å². The van der Waals surface area contributed by atoms with Crippen molar-refractivity contribution < 1.29 is 8.42 Å². The Kier molecular flexibility index (Phi) is 7.33. The molecule has 1 aromatic heterocycles. The second-order valence-electron chi connectivity index (χ2n) is 5.62. The van der Waals surface area contributed by atoms with Crippen LogP contribution in [0.25, 0.3) is 0 Å². The molecule has 0 aliphatic heterocycles. The fraction of sp³-hybridized carbons (Fsp3) is 0.733. The first-order chi connectivity index (χ1) is 9.84.